The maximum absolute atomic E-state index is 13.3. The highest BCUT2D eigenvalue weighted by Gasteiger charge is 2.24. The Hall–Kier alpha value is -1.38. The van der Waals surface area contributed by atoms with E-state index in [1.807, 2.05) is 24.3 Å². The van der Waals surface area contributed by atoms with E-state index in [0.29, 0.717) is 6.42 Å². The van der Waals surface area contributed by atoms with Gasteiger partial charge in [0, 0.05) is 19.2 Å². The Morgan fingerprint density at radius 2 is 2.07 bits per heavy atom. The van der Waals surface area contributed by atoms with Crippen LogP contribution in [-0.2, 0) is 11.2 Å². The van der Waals surface area contributed by atoms with Crippen molar-refractivity contribution in [3.63, 3.8) is 0 Å². The zero-order chi connectivity index (χ0) is 10.1. The van der Waals surface area contributed by atoms with Gasteiger partial charge in [0.2, 0.25) is 5.91 Å². The van der Waals surface area contributed by atoms with Crippen molar-refractivity contribution in [3.05, 3.63) is 29.8 Å². The smallest absolute Gasteiger partial charge is 0.229 e. The summed E-state index contributed by atoms with van der Waals surface area (Å²) in [4.78, 5) is 13.0. The second-order valence-electron chi connectivity index (χ2n) is 3.59. The molecule has 1 unspecified atom stereocenters. The Balaban J connectivity index is 2.46. The standard InChI is InChI=1S/C11H12FNO/c1-13-10-5-3-2-4-8(10)6-9(12)7-11(13)14/h2-5,9H,6-7H2,1H3. The number of amides is 1. The first-order valence-electron chi connectivity index (χ1n) is 4.67. The van der Waals surface area contributed by atoms with Crippen LogP contribution in [-0.4, -0.2) is 19.1 Å². The van der Waals surface area contributed by atoms with Crippen LogP contribution in [0, 0.1) is 0 Å². The predicted octanol–water partition coefficient (Wildman–Crippen LogP) is 1.93. The van der Waals surface area contributed by atoms with Gasteiger partial charge < -0.3 is 4.90 Å². The lowest BCUT2D eigenvalue weighted by atomic mass is 10.1. The Bertz CT molecular complexity index is 364. The highest BCUT2D eigenvalue weighted by atomic mass is 19.1. The van der Waals surface area contributed by atoms with Gasteiger partial charge in [-0.15, -0.1) is 0 Å². The molecule has 2 nitrogen and oxygen atoms in total. The topological polar surface area (TPSA) is 20.3 Å². The number of carbonyl (C=O) groups excluding carboxylic acids is 1. The lowest BCUT2D eigenvalue weighted by Gasteiger charge is -2.16. The number of para-hydroxylation sites is 1. The molecular weight excluding hydrogens is 181 g/mol. The lowest BCUT2D eigenvalue weighted by molar-refractivity contribution is -0.119. The van der Waals surface area contributed by atoms with Crippen molar-refractivity contribution in [2.75, 3.05) is 11.9 Å². The van der Waals surface area contributed by atoms with Crippen molar-refractivity contribution in [1.29, 1.82) is 0 Å². The number of nitrogens with zero attached hydrogens (tertiary/aromatic N) is 1. The van der Waals surface area contributed by atoms with Gasteiger partial charge in [-0.3, -0.25) is 4.79 Å². The van der Waals surface area contributed by atoms with E-state index in [1.54, 1.807) is 7.05 Å². The van der Waals surface area contributed by atoms with Crippen LogP contribution in [0.5, 0.6) is 0 Å². The normalized spacial score (nSPS) is 21.7. The third-order valence-electron chi connectivity index (χ3n) is 2.56. The minimum Gasteiger partial charge on any atom is -0.315 e. The first-order chi connectivity index (χ1) is 6.68. The van der Waals surface area contributed by atoms with E-state index in [1.165, 1.54) is 4.90 Å². The number of alkyl halides is 1. The van der Waals surface area contributed by atoms with Gasteiger partial charge in [-0.2, -0.15) is 0 Å². The van der Waals surface area contributed by atoms with Crippen molar-refractivity contribution in [3.8, 4) is 0 Å². The van der Waals surface area contributed by atoms with Gasteiger partial charge >= 0.3 is 0 Å². The Labute approximate surface area is 82.3 Å². The van der Waals surface area contributed by atoms with Crippen LogP contribution in [0.3, 0.4) is 0 Å². The second kappa shape index (κ2) is 3.40. The number of anilines is 1. The molecule has 1 amide bonds. The number of benzene rings is 1. The van der Waals surface area contributed by atoms with Crippen LogP contribution >= 0.6 is 0 Å². The molecule has 1 aliphatic rings. The van der Waals surface area contributed by atoms with E-state index < -0.39 is 6.17 Å². The molecule has 0 saturated heterocycles. The summed E-state index contributed by atoms with van der Waals surface area (Å²) in [7, 11) is 1.69. The predicted molar refractivity (Wildman–Crippen MR) is 53.1 cm³/mol. The first kappa shape index (κ1) is 9.19. The van der Waals surface area contributed by atoms with Crippen LogP contribution in [0.25, 0.3) is 0 Å². The number of carbonyl (C=O) groups is 1. The Kier molecular flexibility index (Phi) is 2.23. The molecule has 1 aromatic rings. The van der Waals surface area contributed by atoms with E-state index in [2.05, 4.69) is 0 Å². The van der Waals surface area contributed by atoms with Gasteiger partial charge in [-0.25, -0.2) is 4.39 Å². The van der Waals surface area contributed by atoms with Crippen molar-refractivity contribution >= 4 is 11.6 Å². The fraction of sp³-hybridized carbons (Fsp3) is 0.364. The molecule has 0 spiro atoms. The number of rotatable bonds is 0. The molecule has 0 aromatic heterocycles. The molecular formula is C11H12FNO. The van der Waals surface area contributed by atoms with Crippen LogP contribution in [0.4, 0.5) is 10.1 Å². The molecule has 3 heteroatoms. The van der Waals surface area contributed by atoms with Gasteiger partial charge in [0.1, 0.15) is 6.17 Å². The maximum atomic E-state index is 13.3. The molecule has 14 heavy (non-hydrogen) atoms. The molecule has 74 valence electrons. The summed E-state index contributed by atoms with van der Waals surface area (Å²) in [6.07, 6.45) is -0.717. The van der Waals surface area contributed by atoms with E-state index in [-0.39, 0.29) is 12.3 Å². The number of fused-ring (bicyclic) bond motifs is 1. The molecule has 2 rings (SSSR count). The Morgan fingerprint density at radius 1 is 1.36 bits per heavy atom. The maximum Gasteiger partial charge on any atom is 0.229 e. The quantitative estimate of drug-likeness (QED) is 0.616. The molecule has 0 saturated carbocycles. The first-order valence-corrected chi connectivity index (χ1v) is 4.67. The molecule has 0 fully saturated rings. The largest absolute Gasteiger partial charge is 0.315 e. The van der Waals surface area contributed by atoms with Gasteiger partial charge in [0.05, 0.1) is 6.42 Å². The summed E-state index contributed by atoms with van der Waals surface area (Å²) in [5, 5.41) is 0. The van der Waals surface area contributed by atoms with E-state index in [0.717, 1.165) is 11.3 Å². The monoisotopic (exact) mass is 193 g/mol. The summed E-state index contributed by atoms with van der Waals surface area (Å²) in [6.45, 7) is 0. The van der Waals surface area contributed by atoms with E-state index in [9.17, 15) is 9.18 Å². The van der Waals surface area contributed by atoms with Gasteiger partial charge in [-0.1, -0.05) is 18.2 Å². The highest BCUT2D eigenvalue weighted by Crippen LogP contribution is 2.26. The SMILES string of the molecule is CN1C(=O)CC(F)Cc2ccccc21. The van der Waals surface area contributed by atoms with Crippen molar-refractivity contribution < 1.29 is 9.18 Å². The molecule has 0 bridgehead atoms. The average Bonchev–Trinajstić information content (AvgIpc) is 2.26. The van der Waals surface area contributed by atoms with Crippen molar-refractivity contribution in [2.24, 2.45) is 0 Å². The third-order valence-corrected chi connectivity index (χ3v) is 2.56. The van der Waals surface area contributed by atoms with Crippen LogP contribution in [0.15, 0.2) is 24.3 Å². The van der Waals surface area contributed by atoms with Crippen molar-refractivity contribution in [2.45, 2.75) is 19.0 Å². The summed E-state index contributed by atoms with van der Waals surface area (Å²) in [5.74, 6) is -0.151. The number of hydrogen-bond donors (Lipinski definition) is 0. The summed E-state index contributed by atoms with van der Waals surface area (Å²) < 4.78 is 13.3. The molecule has 1 atom stereocenters. The van der Waals surface area contributed by atoms with E-state index >= 15 is 0 Å². The number of hydrogen-bond acceptors (Lipinski definition) is 1. The molecule has 1 aromatic carbocycles. The molecule has 0 radical (unpaired) electrons. The van der Waals surface area contributed by atoms with Crippen molar-refractivity contribution in [1.82, 2.24) is 0 Å². The fourth-order valence-electron chi connectivity index (χ4n) is 1.78. The summed E-state index contributed by atoms with van der Waals surface area (Å²) in [5.41, 5.74) is 1.74. The highest BCUT2D eigenvalue weighted by molar-refractivity contribution is 5.94. The summed E-state index contributed by atoms with van der Waals surface area (Å²) >= 11 is 0. The molecule has 0 N–H and O–H groups in total. The van der Waals surface area contributed by atoms with E-state index in [4.69, 9.17) is 0 Å². The van der Waals surface area contributed by atoms with Crippen LogP contribution in [0.1, 0.15) is 12.0 Å². The third kappa shape index (κ3) is 1.50. The van der Waals surface area contributed by atoms with Crippen LogP contribution < -0.4 is 4.90 Å². The van der Waals surface area contributed by atoms with Gasteiger partial charge in [0.25, 0.3) is 0 Å². The molecule has 1 heterocycles. The molecule has 1 aliphatic heterocycles. The average molecular weight is 193 g/mol. The number of halogens is 1. The fourth-order valence-corrected chi connectivity index (χ4v) is 1.78. The lowest BCUT2D eigenvalue weighted by Crippen LogP contribution is -2.26. The minimum atomic E-state index is -1.05. The zero-order valence-electron chi connectivity index (χ0n) is 8.03. The van der Waals surface area contributed by atoms with Gasteiger partial charge in [0.15, 0.2) is 0 Å². The molecule has 0 aliphatic carbocycles. The zero-order valence-corrected chi connectivity index (χ0v) is 8.03. The van der Waals surface area contributed by atoms with Gasteiger partial charge in [-0.05, 0) is 11.6 Å². The summed E-state index contributed by atoms with van der Waals surface area (Å²) in [6, 6.07) is 7.46. The minimum absolute atomic E-state index is 0.00875. The van der Waals surface area contributed by atoms with Crippen LogP contribution in [0.2, 0.25) is 0 Å². The second-order valence-corrected chi connectivity index (χ2v) is 3.59. The Morgan fingerprint density at radius 3 is 2.86 bits per heavy atom.